The minimum absolute atomic E-state index is 0.263. The fourth-order valence-electron chi connectivity index (χ4n) is 3.00. The molecule has 0 bridgehead atoms. The SMILES string of the molecule is Cc1ccc2c(c1)C1(C)CCCCC1=N2. The van der Waals surface area contributed by atoms with Crippen molar-refractivity contribution in [3.63, 3.8) is 0 Å². The van der Waals surface area contributed by atoms with Crippen LogP contribution >= 0.6 is 0 Å². The van der Waals surface area contributed by atoms with Gasteiger partial charge in [-0.25, -0.2) is 0 Å². The van der Waals surface area contributed by atoms with Crippen LogP contribution in [0.3, 0.4) is 0 Å². The molecular weight excluding hydrogens is 182 g/mol. The summed E-state index contributed by atoms with van der Waals surface area (Å²) in [5, 5.41) is 0. The maximum Gasteiger partial charge on any atom is 0.0671 e. The molecule has 1 atom stereocenters. The molecule has 0 amide bonds. The molecule has 1 saturated carbocycles. The molecule has 2 aliphatic rings. The number of benzene rings is 1. The van der Waals surface area contributed by atoms with E-state index >= 15 is 0 Å². The third-order valence-corrected chi connectivity index (χ3v) is 3.98. The summed E-state index contributed by atoms with van der Waals surface area (Å²) in [6.45, 7) is 4.54. The van der Waals surface area contributed by atoms with Crippen LogP contribution in [0.5, 0.6) is 0 Å². The van der Waals surface area contributed by atoms with Crippen LogP contribution in [0.1, 0.15) is 43.7 Å². The van der Waals surface area contributed by atoms with Crippen LogP contribution in [-0.4, -0.2) is 5.71 Å². The van der Waals surface area contributed by atoms with Gasteiger partial charge >= 0.3 is 0 Å². The zero-order valence-electron chi connectivity index (χ0n) is 9.51. The van der Waals surface area contributed by atoms with E-state index in [1.807, 2.05) is 0 Å². The Kier molecular flexibility index (Phi) is 1.79. The molecule has 0 aromatic heterocycles. The van der Waals surface area contributed by atoms with Crippen LogP contribution in [-0.2, 0) is 5.41 Å². The van der Waals surface area contributed by atoms with Gasteiger partial charge in [0.25, 0.3) is 0 Å². The summed E-state index contributed by atoms with van der Waals surface area (Å²) < 4.78 is 0. The summed E-state index contributed by atoms with van der Waals surface area (Å²) in [7, 11) is 0. The molecule has 0 saturated heterocycles. The molecule has 1 unspecified atom stereocenters. The van der Waals surface area contributed by atoms with Crippen LogP contribution in [0.15, 0.2) is 23.2 Å². The normalized spacial score (nSPS) is 28.3. The van der Waals surface area contributed by atoms with E-state index in [4.69, 9.17) is 4.99 Å². The molecule has 0 spiro atoms. The number of aryl methyl sites for hydroxylation is 1. The van der Waals surface area contributed by atoms with Gasteiger partial charge in [0.1, 0.15) is 0 Å². The van der Waals surface area contributed by atoms with Crippen molar-refractivity contribution in [1.29, 1.82) is 0 Å². The largest absolute Gasteiger partial charge is 0.257 e. The van der Waals surface area contributed by atoms with E-state index in [0.717, 1.165) is 0 Å². The number of hydrogen-bond donors (Lipinski definition) is 0. The van der Waals surface area contributed by atoms with Crippen LogP contribution in [0.4, 0.5) is 5.69 Å². The second-order valence-electron chi connectivity index (χ2n) is 5.12. The van der Waals surface area contributed by atoms with Crippen LogP contribution in [0, 0.1) is 6.92 Å². The summed E-state index contributed by atoms with van der Waals surface area (Å²) in [6.07, 6.45) is 5.15. The quantitative estimate of drug-likeness (QED) is 0.600. The highest BCUT2D eigenvalue weighted by Gasteiger charge is 2.40. The van der Waals surface area contributed by atoms with Gasteiger partial charge in [0.2, 0.25) is 0 Å². The first kappa shape index (κ1) is 9.14. The molecule has 1 nitrogen and oxygen atoms in total. The summed E-state index contributed by atoms with van der Waals surface area (Å²) in [6, 6.07) is 6.68. The number of fused-ring (bicyclic) bond motifs is 3. The Hall–Kier alpha value is -1.11. The van der Waals surface area contributed by atoms with Gasteiger partial charge in [0.05, 0.1) is 5.69 Å². The molecule has 0 N–H and O–H groups in total. The van der Waals surface area contributed by atoms with Crippen molar-refractivity contribution in [3.8, 4) is 0 Å². The predicted molar refractivity (Wildman–Crippen MR) is 64.1 cm³/mol. The van der Waals surface area contributed by atoms with E-state index in [-0.39, 0.29) is 5.41 Å². The van der Waals surface area contributed by atoms with E-state index in [0.29, 0.717) is 0 Å². The van der Waals surface area contributed by atoms with E-state index in [1.165, 1.54) is 48.2 Å². The van der Waals surface area contributed by atoms with Crippen molar-refractivity contribution in [2.75, 3.05) is 0 Å². The molecule has 1 heterocycles. The Bertz CT molecular complexity index is 445. The van der Waals surface area contributed by atoms with Crippen molar-refractivity contribution in [3.05, 3.63) is 29.3 Å². The fourth-order valence-corrected chi connectivity index (χ4v) is 3.00. The highest BCUT2D eigenvalue weighted by Crippen LogP contribution is 2.47. The third kappa shape index (κ3) is 1.19. The Balaban J connectivity index is 2.18. The number of rotatable bonds is 0. The summed E-state index contributed by atoms with van der Waals surface area (Å²) >= 11 is 0. The first-order chi connectivity index (χ1) is 7.20. The fraction of sp³-hybridized carbons (Fsp3) is 0.500. The molecule has 78 valence electrons. The average Bonchev–Trinajstić information content (AvgIpc) is 2.51. The lowest BCUT2D eigenvalue weighted by atomic mass is 9.70. The predicted octanol–water partition coefficient (Wildman–Crippen LogP) is 3.91. The van der Waals surface area contributed by atoms with Crippen LogP contribution in [0.2, 0.25) is 0 Å². The Morgan fingerprint density at radius 1 is 1.27 bits per heavy atom. The highest BCUT2D eigenvalue weighted by atomic mass is 14.8. The Morgan fingerprint density at radius 2 is 2.13 bits per heavy atom. The number of aliphatic imine (C=N–C) groups is 1. The Morgan fingerprint density at radius 3 is 3.00 bits per heavy atom. The standard InChI is InChI=1S/C14H17N/c1-10-6-7-12-11(9-10)14(2)8-4-3-5-13(14)15-12/h6-7,9H,3-5,8H2,1-2H3. The van der Waals surface area contributed by atoms with Crippen molar-refractivity contribution < 1.29 is 0 Å². The second kappa shape index (κ2) is 2.94. The van der Waals surface area contributed by atoms with Gasteiger partial charge < -0.3 is 0 Å². The molecule has 3 rings (SSSR count). The molecule has 1 aromatic carbocycles. The van der Waals surface area contributed by atoms with Gasteiger partial charge in [-0.3, -0.25) is 4.99 Å². The molecule has 1 aromatic rings. The lowest BCUT2D eigenvalue weighted by Gasteiger charge is -2.31. The summed E-state index contributed by atoms with van der Waals surface area (Å²) in [4.78, 5) is 4.80. The van der Waals surface area contributed by atoms with Crippen LogP contribution in [0.25, 0.3) is 0 Å². The van der Waals surface area contributed by atoms with Crippen LogP contribution < -0.4 is 0 Å². The zero-order chi connectivity index (χ0) is 10.5. The monoisotopic (exact) mass is 199 g/mol. The minimum atomic E-state index is 0.263. The van der Waals surface area contributed by atoms with E-state index in [1.54, 1.807) is 0 Å². The molecule has 1 fully saturated rings. The lowest BCUT2D eigenvalue weighted by Crippen LogP contribution is -2.32. The molecule has 15 heavy (non-hydrogen) atoms. The Labute approximate surface area is 91.2 Å². The van der Waals surface area contributed by atoms with Gasteiger partial charge in [0, 0.05) is 11.1 Å². The zero-order valence-corrected chi connectivity index (χ0v) is 9.51. The maximum absolute atomic E-state index is 4.80. The van der Waals surface area contributed by atoms with Crippen molar-refractivity contribution in [2.24, 2.45) is 4.99 Å². The van der Waals surface area contributed by atoms with Crippen molar-refractivity contribution >= 4 is 11.4 Å². The third-order valence-electron chi connectivity index (χ3n) is 3.98. The summed E-state index contributed by atoms with van der Waals surface area (Å²) in [5.41, 5.74) is 5.74. The van der Waals surface area contributed by atoms with Gasteiger partial charge in [-0.05, 0) is 37.8 Å². The highest BCUT2D eigenvalue weighted by molar-refractivity contribution is 6.02. The number of nitrogens with zero attached hydrogens (tertiary/aromatic N) is 1. The lowest BCUT2D eigenvalue weighted by molar-refractivity contribution is 0.498. The van der Waals surface area contributed by atoms with Crippen molar-refractivity contribution in [1.82, 2.24) is 0 Å². The average molecular weight is 199 g/mol. The molecule has 1 aliphatic heterocycles. The van der Waals surface area contributed by atoms with E-state index in [9.17, 15) is 0 Å². The molecule has 1 heteroatoms. The maximum atomic E-state index is 4.80. The van der Waals surface area contributed by atoms with Gasteiger partial charge in [-0.15, -0.1) is 0 Å². The second-order valence-corrected chi connectivity index (χ2v) is 5.12. The molecule has 0 radical (unpaired) electrons. The smallest absolute Gasteiger partial charge is 0.0671 e. The number of hydrogen-bond acceptors (Lipinski definition) is 1. The molecular formula is C14H17N. The first-order valence-electron chi connectivity index (χ1n) is 5.89. The van der Waals surface area contributed by atoms with E-state index in [2.05, 4.69) is 32.0 Å². The topological polar surface area (TPSA) is 12.4 Å². The summed E-state index contributed by atoms with van der Waals surface area (Å²) in [5.74, 6) is 0. The molecule has 1 aliphatic carbocycles. The van der Waals surface area contributed by atoms with Gasteiger partial charge in [-0.2, -0.15) is 0 Å². The van der Waals surface area contributed by atoms with Gasteiger partial charge in [-0.1, -0.05) is 31.0 Å². The van der Waals surface area contributed by atoms with E-state index < -0.39 is 0 Å². The van der Waals surface area contributed by atoms with Gasteiger partial charge in [0.15, 0.2) is 0 Å². The van der Waals surface area contributed by atoms with Crippen molar-refractivity contribution in [2.45, 2.75) is 44.9 Å². The minimum Gasteiger partial charge on any atom is -0.257 e. The first-order valence-corrected chi connectivity index (χ1v) is 5.89.